The molecule has 2 N–H and O–H groups in total. The van der Waals surface area contributed by atoms with Crippen molar-refractivity contribution in [3.8, 4) is 0 Å². The van der Waals surface area contributed by atoms with Crippen LogP contribution in [0.3, 0.4) is 0 Å². The topological polar surface area (TPSA) is 29.3 Å². The van der Waals surface area contributed by atoms with Crippen LogP contribution in [0, 0.1) is 11.3 Å². The molecule has 1 heterocycles. The summed E-state index contributed by atoms with van der Waals surface area (Å²) in [5, 5.41) is 0. The number of nitrogens with zero attached hydrogens (tertiary/aromatic N) is 1. The van der Waals surface area contributed by atoms with Crippen LogP contribution in [0.5, 0.6) is 0 Å². The van der Waals surface area contributed by atoms with Crippen molar-refractivity contribution in [2.45, 2.75) is 59.4 Å². The molecule has 16 heavy (non-hydrogen) atoms. The summed E-state index contributed by atoms with van der Waals surface area (Å²) in [7, 11) is 0. The van der Waals surface area contributed by atoms with Crippen LogP contribution in [0.2, 0.25) is 0 Å². The molecule has 0 saturated carbocycles. The molecular formula is C14H30N2. The zero-order valence-electron chi connectivity index (χ0n) is 11.6. The van der Waals surface area contributed by atoms with Crippen molar-refractivity contribution in [3.63, 3.8) is 0 Å². The Balaban J connectivity index is 2.13. The molecule has 1 aliphatic rings. The van der Waals surface area contributed by atoms with Gasteiger partial charge in [-0.2, -0.15) is 0 Å². The molecule has 1 saturated heterocycles. The Morgan fingerprint density at radius 1 is 1.25 bits per heavy atom. The van der Waals surface area contributed by atoms with Gasteiger partial charge in [0, 0.05) is 19.1 Å². The summed E-state index contributed by atoms with van der Waals surface area (Å²) in [6.45, 7) is 13.1. The van der Waals surface area contributed by atoms with Crippen LogP contribution in [-0.2, 0) is 0 Å². The molecule has 0 bridgehead atoms. The van der Waals surface area contributed by atoms with Crippen molar-refractivity contribution >= 4 is 0 Å². The largest absolute Gasteiger partial charge is 0.328 e. The number of likely N-dealkylation sites (tertiary alicyclic amines) is 1. The van der Waals surface area contributed by atoms with Gasteiger partial charge in [0.05, 0.1) is 0 Å². The van der Waals surface area contributed by atoms with Gasteiger partial charge < -0.3 is 10.6 Å². The molecule has 0 amide bonds. The molecule has 0 aromatic rings. The first-order chi connectivity index (χ1) is 7.39. The van der Waals surface area contributed by atoms with Crippen LogP contribution in [0.4, 0.5) is 0 Å². The van der Waals surface area contributed by atoms with Gasteiger partial charge in [0.25, 0.3) is 0 Å². The highest BCUT2D eigenvalue weighted by molar-refractivity contribution is 4.83. The van der Waals surface area contributed by atoms with Crippen molar-refractivity contribution in [2.24, 2.45) is 17.1 Å². The second-order valence-corrected chi connectivity index (χ2v) is 6.66. The summed E-state index contributed by atoms with van der Waals surface area (Å²) < 4.78 is 0. The molecule has 1 fully saturated rings. The monoisotopic (exact) mass is 226 g/mol. The van der Waals surface area contributed by atoms with Gasteiger partial charge in [0.1, 0.15) is 0 Å². The van der Waals surface area contributed by atoms with E-state index < -0.39 is 0 Å². The van der Waals surface area contributed by atoms with Gasteiger partial charge in [-0.05, 0) is 44.1 Å². The lowest BCUT2D eigenvalue weighted by atomic mass is 9.93. The summed E-state index contributed by atoms with van der Waals surface area (Å²) >= 11 is 0. The van der Waals surface area contributed by atoms with Gasteiger partial charge in [0.2, 0.25) is 0 Å². The summed E-state index contributed by atoms with van der Waals surface area (Å²) in [5.74, 6) is 0.827. The van der Waals surface area contributed by atoms with E-state index >= 15 is 0 Å². The van der Waals surface area contributed by atoms with E-state index in [-0.39, 0.29) is 0 Å². The van der Waals surface area contributed by atoms with E-state index in [4.69, 9.17) is 5.73 Å². The molecule has 2 nitrogen and oxygen atoms in total. The second kappa shape index (κ2) is 6.02. The Kier molecular flexibility index (Phi) is 5.26. The molecule has 0 aromatic heterocycles. The lowest BCUT2D eigenvalue weighted by molar-refractivity contribution is 0.248. The molecule has 0 aromatic carbocycles. The minimum absolute atomic E-state index is 0.373. The highest BCUT2D eigenvalue weighted by Gasteiger charge is 2.29. The van der Waals surface area contributed by atoms with Crippen LogP contribution in [0.25, 0.3) is 0 Å². The van der Waals surface area contributed by atoms with Crippen LogP contribution in [-0.4, -0.2) is 30.6 Å². The first kappa shape index (κ1) is 14.0. The minimum atomic E-state index is 0.373. The van der Waals surface area contributed by atoms with Crippen LogP contribution >= 0.6 is 0 Å². The Bertz CT molecular complexity index is 199. The summed E-state index contributed by atoms with van der Waals surface area (Å²) in [6.07, 6.45) is 5.16. The molecule has 96 valence electrons. The highest BCUT2D eigenvalue weighted by atomic mass is 15.2. The quantitative estimate of drug-likeness (QED) is 0.754. The normalized spacial score (nSPS) is 24.6. The van der Waals surface area contributed by atoms with Crippen molar-refractivity contribution in [2.75, 3.05) is 19.6 Å². The second-order valence-electron chi connectivity index (χ2n) is 6.66. The standard InChI is InChI=1S/C14H30N2/c1-12(6-5-7-13(2)15)10-16-9-8-14(3,4)11-16/h12-13H,5-11,15H2,1-4H3. The molecule has 2 heteroatoms. The van der Waals surface area contributed by atoms with Crippen molar-refractivity contribution in [3.05, 3.63) is 0 Å². The predicted octanol–water partition coefficient (Wildman–Crippen LogP) is 2.87. The Hall–Kier alpha value is -0.0800. The fourth-order valence-electron chi connectivity index (χ4n) is 2.70. The smallest absolute Gasteiger partial charge is 0.00333 e. The van der Waals surface area contributed by atoms with E-state index in [1.54, 1.807) is 0 Å². The number of rotatable bonds is 6. The lowest BCUT2D eigenvalue weighted by Gasteiger charge is -2.23. The Labute approximate surface area is 102 Å². The molecule has 1 rings (SSSR count). The minimum Gasteiger partial charge on any atom is -0.328 e. The third kappa shape index (κ3) is 5.31. The molecule has 0 spiro atoms. The van der Waals surface area contributed by atoms with Gasteiger partial charge in [-0.3, -0.25) is 0 Å². The molecule has 0 aliphatic carbocycles. The van der Waals surface area contributed by atoms with Crippen LogP contribution in [0.1, 0.15) is 53.4 Å². The zero-order valence-corrected chi connectivity index (χ0v) is 11.6. The molecule has 1 aliphatic heterocycles. The zero-order chi connectivity index (χ0) is 12.2. The number of nitrogens with two attached hydrogens (primary N) is 1. The third-order valence-electron chi connectivity index (χ3n) is 3.68. The van der Waals surface area contributed by atoms with Gasteiger partial charge in [-0.15, -0.1) is 0 Å². The molecule has 0 radical (unpaired) electrons. The van der Waals surface area contributed by atoms with E-state index in [0.717, 1.165) is 5.92 Å². The van der Waals surface area contributed by atoms with Crippen molar-refractivity contribution in [1.29, 1.82) is 0 Å². The molecular weight excluding hydrogens is 196 g/mol. The van der Waals surface area contributed by atoms with Crippen molar-refractivity contribution < 1.29 is 0 Å². The van der Waals surface area contributed by atoms with Gasteiger partial charge in [0.15, 0.2) is 0 Å². The third-order valence-corrected chi connectivity index (χ3v) is 3.68. The van der Waals surface area contributed by atoms with Gasteiger partial charge in [-0.25, -0.2) is 0 Å². The highest BCUT2D eigenvalue weighted by Crippen LogP contribution is 2.29. The average Bonchev–Trinajstić information content (AvgIpc) is 2.44. The number of hydrogen-bond donors (Lipinski definition) is 1. The Morgan fingerprint density at radius 3 is 2.44 bits per heavy atom. The summed E-state index contributed by atoms with van der Waals surface area (Å²) in [4.78, 5) is 2.64. The molecule has 2 unspecified atom stereocenters. The SMILES string of the molecule is CC(N)CCCC(C)CN1CCC(C)(C)C1. The van der Waals surface area contributed by atoms with Crippen LogP contribution < -0.4 is 5.73 Å². The maximum absolute atomic E-state index is 5.77. The predicted molar refractivity (Wildman–Crippen MR) is 71.5 cm³/mol. The van der Waals surface area contributed by atoms with Crippen LogP contribution in [0.15, 0.2) is 0 Å². The van der Waals surface area contributed by atoms with E-state index in [9.17, 15) is 0 Å². The van der Waals surface area contributed by atoms with E-state index in [0.29, 0.717) is 11.5 Å². The van der Waals surface area contributed by atoms with Crippen molar-refractivity contribution in [1.82, 2.24) is 4.90 Å². The van der Waals surface area contributed by atoms with Gasteiger partial charge >= 0.3 is 0 Å². The summed E-state index contributed by atoms with van der Waals surface area (Å²) in [6, 6.07) is 0.373. The molecule has 2 atom stereocenters. The van der Waals surface area contributed by atoms with E-state index in [2.05, 4.69) is 32.6 Å². The first-order valence-electron chi connectivity index (χ1n) is 6.87. The van der Waals surface area contributed by atoms with E-state index in [1.165, 1.54) is 45.3 Å². The fraction of sp³-hybridized carbons (Fsp3) is 1.00. The van der Waals surface area contributed by atoms with Gasteiger partial charge in [-0.1, -0.05) is 27.2 Å². The maximum atomic E-state index is 5.77. The summed E-state index contributed by atoms with van der Waals surface area (Å²) in [5.41, 5.74) is 6.31. The van der Waals surface area contributed by atoms with E-state index in [1.807, 2.05) is 0 Å². The maximum Gasteiger partial charge on any atom is 0.00333 e. The average molecular weight is 226 g/mol. The lowest BCUT2D eigenvalue weighted by Crippen LogP contribution is -2.28. The first-order valence-corrected chi connectivity index (χ1v) is 6.87. The Morgan fingerprint density at radius 2 is 1.94 bits per heavy atom. The fourth-order valence-corrected chi connectivity index (χ4v) is 2.70. The number of hydrogen-bond acceptors (Lipinski definition) is 2.